The lowest BCUT2D eigenvalue weighted by molar-refractivity contribution is -0.151. The van der Waals surface area contributed by atoms with Crippen LogP contribution < -0.4 is 0 Å². The molecule has 0 saturated carbocycles. The molecule has 2 unspecified atom stereocenters. The fraction of sp³-hybridized carbons (Fsp3) is 0.474. The Labute approximate surface area is 152 Å². The number of rotatable bonds is 4. The van der Waals surface area contributed by atoms with E-state index in [9.17, 15) is 14.7 Å². The normalized spacial score (nSPS) is 24.3. The van der Waals surface area contributed by atoms with Gasteiger partial charge in [-0.15, -0.1) is 0 Å². The van der Waals surface area contributed by atoms with Crippen LogP contribution in [0.4, 0.5) is 0 Å². The maximum atomic E-state index is 12.8. The van der Waals surface area contributed by atoms with E-state index in [1.54, 1.807) is 0 Å². The summed E-state index contributed by atoms with van der Waals surface area (Å²) < 4.78 is 0. The van der Waals surface area contributed by atoms with Crippen molar-refractivity contribution in [3.8, 4) is 0 Å². The van der Waals surface area contributed by atoms with Crippen LogP contribution in [0.15, 0.2) is 36.4 Å². The van der Waals surface area contributed by atoms with Gasteiger partial charge < -0.3 is 10.0 Å². The minimum absolute atomic E-state index is 0.0112. The smallest absolute Gasteiger partial charge is 0.307 e. The van der Waals surface area contributed by atoms with Crippen LogP contribution in [0.5, 0.6) is 0 Å². The van der Waals surface area contributed by atoms with Gasteiger partial charge in [-0.05, 0) is 30.5 Å². The zero-order valence-corrected chi connectivity index (χ0v) is 14.9. The van der Waals surface area contributed by atoms with Crippen molar-refractivity contribution in [3.05, 3.63) is 47.0 Å². The van der Waals surface area contributed by atoms with Crippen molar-refractivity contribution in [3.63, 3.8) is 0 Å². The number of hydrogen-bond acceptors (Lipinski definition) is 3. The Morgan fingerprint density at radius 2 is 1.60 bits per heavy atom. The fourth-order valence-electron chi connectivity index (χ4n) is 3.57. The van der Waals surface area contributed by atoms with Gasteiger partial charge in [0.05, 0.1) is 11.8 Å². The lowest BCUT2D eigenvalue weighted by atomic mass is 9.82. The van der Waals surface area contributed by atoms with Crippen LogP contribution in [-0.2, 0) is 16.1 Å². The molecule has 1 aromatic carbocycles. The molecular weight excluding hydrogens is 340 g/mol. The summed E-state index contributed by atoms with van der Waals surface area (Å²) in [5.74, 6) is -1.90. The number of nitrogens with zero attached hydrogens (tertiary/aromatic N) is 2. The van der Waals surface area contributed by atoms with Crippen molar-refractivity contribution in [2.45, 2.75) is 19.4 Å². The molecule has 25 heavy (non-hydrogen) atoms. The van der Waals surface area contributed by atoms with Gasteiger partial charge in [-0.3, -0.25) is 14.5 Å². The molecule has 1 heterocycles. The number of allylic oxidation sites excluding steroid dienone is 2. The highest BCUT2D eigenvalue weighted by atomic mass is 35.5. The maximum absolute atomic E-state index is 12.8. The average molecular weight is 363 g/mol. The number of carbonyl (C=O) groups is 2. The number of halogens is 1. The van der Waals surface area contributed by atoms with Crippen LogP contribution in [0.3, 0.4) is 0 Å². The lowest BCUT2D eigenvalue weighted by Gasteiger charge is -2.37. The van der Waals surface area contributed by atoms with E-state index in [1.165, 1.54) is 5.56 Å². The van der Waals surface area contributed by atoms with Gasteiger partial charge in [0.15, 0.2) is 0 Å². The molecule has 2 aliphatic rings. The van der Waals surface area contributed by atoms with Crippen LogP contribution in [0.1, 0.15) is 18.4 Å². The number of piperazine rings is 1. The fourth-order valence-corrected chi connectivity index (χ4v) is 3.69. The molecule has 0 aromatic heterocycles. The van der Waals surface area contributed by atoms with Crippen LogP contribution in [0.25, 0.3) is 0 Å². The molecule has 1 fully saturated rings. The molecular formula is C19H23ClN2O3. The molecule has 1 aliphatic carbocycles. The van der Waals surface area contributed by atoms with Crippen molar-refractivity contribution in [2.24, 2.45) is 11.8 Å². The van der Waals surface area contributed by atoms with E-state index in [2.05, 4.69) is 4.90 Å². The van der Waals surface area contributed by atoms with E-state index in [-0.39, 0.29) is 5.91 Å². The van der Waals surface area contributed by atoms with Crippen molar-refractivity contribution in [2.75, 3.05) is 26.2 Å². The number of benzene rings is 1. The molecule has 0 bridgehead atoms. The van der Waals surface area contributed by atoms with Gasteiger partial charge in [0, 0.05) is 37.7 Å². The Hall–Kier alpha value is -1.85. The van der Waals surface area contributed by atoms with Gasteiger partial charge in [-0.1, -0.05) is 35.9 Å². The van der Waals surface area contributed by atoms with Crippen molar-refractivity contribution >= 4 is 23.5 Å². The SMILES string of the molecule is O=C(O)C1CC=CCC1C(=O)N1CCN(Cc2ccc(Cl)cc2)CC1. The number of amides is 1. The van der Waals surface area contributed by atoms with Gasteiger partial charge in [-0.25, -0.2) is 0 Å². The molecule has 3 rings (SSSR count). The van der Waals surface area contributed by atoms with E-state index < -0.39 is 17.8 Å². The number of hydrogen-bond donors (Lipinski definition) is 1. The second-order valence-electron chi connectivity index (χ2n) is 6.72. The lowest BCUT2D eigenvalue weighted by Crippen LogP contribution is -2.51. The van der Waals surface area contributed by atoms with Crippen molar-refractivity contribution in [1.82, 2.24) is 9.80 Å². The number of carboxylic acids is 1. The molecule has 2 atom stereocenters. The van der Waals surface area contributed by atoms with E-state index >= 15 is 0 Å². The van der Waals surface area contributed by atoms with Crippen LogP contribution in [-0.4, -0.2) is 53.0 Å². The molecule has 134 valence electrons. The first-order chi connectivity index (χ1) is 12.0. The molecule has 1 aliphatic heterocycles. The average Bonchev–Trinajstić information content (AvgIpc) is 2.63. The summed E-state index contributed by atoms with van der Waals surface area (Å²) in [6.45, 7) is 3.74. The highest BCUT2D eigenvalue weighted by molar-refractivity contribution is 6.30. The first kappa shape index (κ1) is 18.0. The number of carbonyl (C=O) groups excluding carboxylic acids is 1. The first-order valence-corrected chi connectivity index (χ1v) is 9.06. The largest absolute Gasteiger partial charge is 0.481 e. The van der Waals surface area contributed by atoms with E-state index in [0.29, 0.717) is 25.9 Å². The molecule has 0 spiro atoms. The van der Waals surface area contributed by atoms with Gasteiger partial charge in [0.1, 0.15) is 0 Å². The minimum atomic E-state index is -0.871. The topological polar surface area (TPSA) is 60.9 Å². The van der Waals surface area contributed by atoms with E-state index in [4.69, 9.17) is 11.6 Å². The Morgan fingerprint density at radius 1 is 1.00 bits per heavy atom. The second-order valence-corrected chi connectivity index (χ2v) is 7.16. The molecule has 1 aromatic rings. The Bertz CT molecular complexity index is 651. The van der Waals surface area contributed by atoms with E-state index in [1.807, 2.05) is 41.3 Å². The highest BCUT2D eigenvalue weighted by Crippen LogP contribution is 2.28. The van der Waals surface area contributed by atoms with E-state index in [0.717, 1.165) is 24.7 Å². The van der Waals surface area contributed by atoms with Crippen LogP contribution >= 0.6 is 11.6 Å². The molecule has 1 N–H and O–H groups in total. The molecule has 0 radical (unpaired) electrons. The quantitative estimate of drug-likeness (QED) is 0.836. The summed E-state index contributed by atoms with van der Waals surface area (Å²) >= 11 is 5.91. The van der Waals surface area contributed by atoms with Crippen molar-refractivity contribution in [1.29, 1.82) is 0 Å². The maximum Gasteiger partial charge on any atom is 0.307 e. The summed E-state index contributed by atoms with van der Waals surface area (Å²) in [4.78, 5) is 28.3. The van der Waals surface area contributed by atoms with Crippen LogP contribution in [0, 0.1) is 11.8 Å². The van der Waals surface area contributed by atoms with Crippen LogP contribution in [0.2, 0.25) is 5.02 Å². The third kappa shape index (κ3) is 4.41. The molecule has 1 saturated heterocycles. The highest BCUT2D eigenvalue weighted by Gasteiger charge is 2.37. The molecule has 6 heteroatoms. The minimum Gasteiger partial charge on any atom is -0.481 e. The predicted octanol–water partition coefficient (Wildman–Crippen LogP) is 2.65. The van der Waals surface area contributed by atoms with Gasteiger partial charge in [-0.2, -0.15) is 0 Å². The summed E-state index contributed by atoms with van der Waals surface area (Å²) in [6, 6.07) is 7.82. The summed E-state index contributed by atoms with van der Waals surface area (Å²) in [5, 5.41) is 10.1. The molecule has 5 nitrogen and oxygen atoms in total. The zero-order valence-electron chi connectivity index (χ0n) is 14.1. The summed E-state index contributed by atoms with van der Waals surface area (Å²) in [6.07, 6.45) is 4.77. The zero-order chi connectivity index (χ0) is 17.8. The summed E-state index contributed by atoms with van der Waals surface area (Å²) in [5.41, 5.74) is 1.20. The van der Waals surface area contributed by atoms with Gasteiger partial charge in [0.25, 0.3) is 0 Å². The Balaban J connectivity index is 1.54. The Kier molecular flexibility index (Phi) is 5.76. The van der Waals surface area contributed by atoms with Gasteiger partial charge in [0.2, 0.25) is 5.91 Å². The number of carboxylic acid groups (broad SMARTS) is 1. The predicted molar refractivity (Wildman–Crippen MR) is 96.3 cm³/mol. The number of aliphatic carboxylic acids is 1. The standard InChI is InChI=1S/C19H23ClN2O3/c20-15-7-5-14(6-8-15)13-21-9-11-22(12-10-21)18(23)16-3-1-2-4-17(16)19(24)25/h1-2,5-8,16-17H,3-4,9-13H2,(H,24,25). The first-order valence-electron chi connectivity index (χ1n) is 8.68. The summed E-state index contributed by atoms with van der Waals surface area (Å²) in [7, 11) is 0. The third-order valence-electron chi connectivity index (χ3n) is 5.07. The van der Waals surface area contributed by atoms with Crippen molar-refractivity contribution < 1.29 is 14.7 Å². The molecule has 1 amide bonds. The van der Waals surface area contributed by atoms with Gasteiger partial charge >= 0.3 is 5.97 Å². The monoisotopic (exact) mass is 362 g/mol. The third-order valence-corrected chi connectivity index (χ3v) is 5.32. The Morgan fingerprint density at radius 3 is 2.20 bits per heavy atom. The second kappa shape index (κ2) is 8.02.